The van der Waals surface area contributed by atoms with Crippen molar-refractivity contribution in [3.8, 4) is 0 Å². The van der Waals surface area contributed by atoms with Crippen molar-refractivity contribution in [3.05, 3.63) is 70.8 Å². The quantitative estimate of drug-likeness (QED) is 0.740. The molecular formula is C22H27NO2. The van der Waals surface area contributed by atoms with E-state index in [9.17, 15) is 9.59 Å². The zero-order chi connectivity index (χ0) is 18.3. The number of carbonyl (C=O) groups is 2. The second kappa shape index (κ2) is 8.61. The molecule has 2 rings (SSSR count). The summed E-state index contributed by atoms with van der Waals surface area (Å²) in [5, 5.41) is 2.73. The number of amides is 1. The Hall–Kier alpha value is -2.42. The molecule has 0 unspecified atom stereocenters. The maximum absolute atomic E-state index is 11.8. The average Bonchev–Trinajstić information content (AvgIpc) is 2.58. The van der Waals surface area contributed by atoms with Crippen molar-refractivity contribution in [2.24, 2.45) is 0 Å². The van der Waals surface area contributed by atoms with Gasteiger partial charge in [-0.1, -0.05) is 48.5 Å². The Morgan fingerprint density at radius 1 is 1.04 bits per heavy atom. The van der Waals surface area contributed by atoms with Gasteiger partial charge in [-0.05, 0) is 62.3 Å². The third-order valence-corrected chi connectivity index (χ3v) is 4.30. The number of benzene rings is 2. The number of aryl methyl sites for hydroxylation is 2. The number of aldehydes is 1. The minimum Gasteiger partial charge on any atom is -0.344 e. The Morgan fingerprint density at radius 2 is 1.68 bits per heavy atom. The fourth-order valence-corrected chi connectivity index (χ4v) is 2.76. The summed E-state index contributed by atoms with van der Waals surface area (Å²) in [5.74, 6) is -0.0757. The van der Waals surface area contributed by atoms with Gasteiger partial charge in [-0.25, -0.2) is 0 Å². The van der Waals surface area contributed by atoms with Crippen molar-refractivity contribution in [3.63, 3.8) is 0 Å². The first-order valence-corrected chi connectivity index (χ1v) is 8.79. The van der Waals surface area contributed by atoms with Gasteiger partial charge >= 0.3 is 0 Å². The molecule has 1 N–H and O–H groups in total. The Kier molecular flexibility index (Phi) is 6.51. The van der Waals surface area contributed by atoms with Crippen molar-refractivity contribution in [1.29, 1.82) is 0 Å². The summed E-state index contributed by atoms with van der Waals surface area (Å²) >= 11 is 0. The fraction of sp³-hybridized carbons (Fsp3) is 0.364. The van der Waals surface area contributed by atoms with E-state index in [1.165, 1.54) is 22.3 Å². The van der Waals surface area contributed by atoms with Crippen LogP contribution in [0.3, 0.4) is 0 Å². The molecule has 3 nitrogen and oxygen atoms in total. The van der Waals surface area contributed by atoms with Gasteiger partial charge in [-0.2, -0.15) is 0 Å². The number of hydrogen-bond donors (Lipinski definition) is 1. The lowest BCUT2D eigenvalue weighted by Gasteiger charge is -2.18. The Balaban J connectivity index is 1.82. The number of carbonyl (C=O) groups excluding carboxylic acids is 2. The molecule has 0 aliphatic carbocycles. The first-order valence-electron chi connectivity index (χ1n) is 8.79. The number of nitrogens with one attached hydrogen (secondary N) is 1. The third-order valence-electron chi connectivity index (χ3n) is 4.30. The van der Waals surface area contributed by atoms with Crippen molar-refractivity contribution in [2.75, 3.05) is 0 Å². The SMILES string of the molecule is Cc1ccccc1Cc1ccc(CCCC(=O)NC(C)(C)C=O)cc1. The Morgan fingerprint density at radius 3 is 2.32 bits per heavy atom. The van der Waals surface area contributed by atoms with Crippen LogP contribution in [0.5, 0.6) is 0 Å². The van der Waals surface area contributed by atoms with E-state index >= 15 is 0 Å². The van der Waals surface area contributed by atoms with Crippen molar-refractivity contribution in [2.45, 2.75) is 52.0 Å². The number of rotatable bonds is 8. The highest BCUT2D eigenvalue weighted by atomic mass is 16.2. The zero-order valence-corrected chi connectivity index (χ0v) is 15.3. The van der Waals surface area contributed by atoms with Crippen LogP contribution in [0.4, 0.5) is 0 Å². The first-order chi connectivity index (χ1) is 11.9. The van der Waals surface area contributed by atoms with E-state index in [-0.39, 0.29) is 5.91 Å². The minimum atomic E-state index is -0.783. The second-order valence-corrected chi connectivity index (χ2v) is 7.16. The summed E-state index contributed by atoms with van der Waals surface area (Å²) in [5.41, 5.74) is 4.41. The molecule has 0 aliphatic rings. The lowest BCUT2D eigenvalue weighted by molar-refractivity contribution is -0.126. The molecule has 1 amide bonds. The topological polar surface area (TPSA) is 46.2 Å². The van der Waals surface area contributed by atoms with Gasteiger partial charge in [0.1, 0.15) is 6.29 Å². The highest BCUT2D eigenvalue weighted by Gasteiger charge is 2.18. The van der Waals surface area contributed by atoms with Gasteiger partial charge in [0.2, 0.25) is 5.91 Å². The molecule has 0 radical (unpaired) electrons. The summed E-state index contributed by atoms with van der Waals surface area (Å²) in [4.78, 5) is 22.7. The molecule has 132 valence electrons. The first kappa shape index (κ1) is 18.9. The van der Waals surface area contributed by atoms with Gasteiger partial charge in [0.05, 0.1) is 5.54 Å². The van der Waals surface area contributed by atoms with Crippen molar-refractivity contribution in [1.82, 2.24) is 5.32 Å². The molecule has 0 aromatic heterocycles. The highest BCUT2D eigenvalue weighted by molar-refractivity contribution is 5.81. The Labute approximate surface area is 150 Å². The van der Waals surface area contributed by atoms with E-state index in [4.69, 9.17) is 0 Å². The minimum absolute atomic E-state index is 0.0757. The monoisotopic (exact) mass is 337 g/mol. The zero-order valence-electron chi connectivity index (χ0n) is 15.3. The van der Waals surface area contributed by atoms with Crippen LogP contribution in [-0.4, -0.2) is 17.7 Å². The molecular weight excluding hydrogens is 310 g/mol. The summed E-state index contributed by atoms with van der Waals surface area (Å²) in [6.07, 6.45) is 3.77. The van der Waals surface area contributed by atoms with E-state index < -0.39 is 5.54 Å². The summed E-state index contributed by atoms with van der Waals surface area (Å²) in [6, 6.07) is 17.1. The predicted octanol–water partition coefficient (Wildman–Crippen LogP) is 4.00. The molecule has 3 heteroatoms. The lowest BCUT2D eigenvalue weighted by atomic mass is 9.99. The normalized spacial score (nSPS) is 11.2. The molecule has 0 spiro atoms. The van der Waals surface area contributed by atoms with E-state index in [0.29, 0.717) is 6.42 Å². The van der Waals surface area contributed by atoms with Crippen LogP contribution >= 0.6 is 0 Å². The van der Waals surface area contributed by atoms with Gasteiger partial charge in [0, 0.05) is 6.42 Å². The summed E-state index contributed by atoms with van der Waals surface area (Å²) in [6.45, 7) is 5.54. The maximum Gasteiger partial charge on any atom is 0.220 e. The molecule has 0 heterocycles. The number of hydrogen-bond acceptors (Lipinski definition) is 2. The van der Waals surface area contributed by atoms with Gasteiger partial charge in [-0.15, -0.1) is 0 Å². The molecule has 0 fully saturated rings. The third kappa shape index (κ3) is 6.18. The molecule has 2 aromatic carbocycles. The smallest absolute Gasteiger partial charge is 0.220 e. The van der Waals surface area contributed by atoms with Gasteiger partial charge in [0.25, 0.3) is 0 Å². The average molecular weight is 337 g/mol. The lowest BCUT2D eigenvalue weighted by Crippen LogP contribution is -2.44. The van der Waals surface area contributed by atoms with Crippen molar-refractivity contribution < 1.29 is 9.59 Å². The molecule has 25 heavy (non-hydrogen) atoms. The highest BCUT2D eigenvalue weighted by Crippen LogP contribution is 2.15. The molecule has 0 saturated carbocycles. The predicted molar refractivity (Wildman–Crippen MR) is 102 cm³/mol. The van der Waals surface area contributed by atoms with Crippen LogP contribution in [-0.2, 0) is 22.4 Å². The molecule has 0 saturated heterocycles. The molecule has 0 atom stereocenters. The standard InChI is InChI=1S/C22H27NO2/c1-17-7-4-5-9-20(17)15-19-13-11-18(12-14-19)8-6-10-21(25)23-22(2,3)16-24/h4-5,7,9,11-14,16H,6,8,10,15H2,1-3H3,(H,23,25). The largest absolute Gasteiger partial charge is 0.344 e. The van der Waals surface area contributed by atoms with E-state index in [0.717, 1.165) is 25.5 Å². The second-order valence-electron chi connectivity index (χ2n) is 7.16. The van der Waals surface area contributed by atoms with Gasteiger partial charge < -0.3 is 10.1 Å². The Bertz CT molecular complexity index is 717. The van der Waals surface area contributed by atoms with Crippen molar-refractivity contribution >= 4 is 12.2 Å². The van der Waals surface area contributed by atoms with Gasteiger partial charge in [-0.3, -0.25) is 4.79 Å². The van der Waals surface area contributed by atoms with Crippen LogP contribution in [0.25, 0.3) is 0 Å². The van der Waals surface area contributed by atoms with E-state index in [2.05, 4.69) is 60.8 Å². The molecule has 0 aliphatic heterocycles. The van der Waals surface area contributed by atoms with Crippen LogP contribution in [0.2, 0.25) is 0 Å². The van der Waals surface area contributed by atoms with Crippen LogP contribution < -0.4 is 5.32 Å². The fourth-order valence-electron chi connectivity index (χ4n) is 2.76. The summed E-state index contributed by atoms with van der Waals surface area (Å²) < 4.78 is 0. The molecule has 2 aromatic rings. The van der Waals surface area contributed by atoms with E-state index in [1.54, 1.807) is 13.8 Å². The van der Waals surface area contributed by atoms with Crippen LogP contribution in [0.15, 0.2) is 48.5 Å². The van der Waals surface area contributed by atoms with Gasteiger partial charge in [0.15, 0.2) is 0 Å². The molecule has 0 bridgehead atoms. The van der Waals surface area contributed by atoms with Crippen LogP contribution in [0.1, 0.15) is 48.9 Å². The van der Waals surface area contributed by atoms with E-state index in [1.807, 2.05) is 0 Å². The maximum atomic E-state index is 11.8. The summed E-state index contributed by atoms with van der Waals surface area (Å²) in [7, 11) is 0. The van der Waals surface area contributed by atoms with Crippen LogP contribution in [0, 0.1) is 6.92 Å².